The largest absolute Gasteiger partial charge is 0.496 e. The van der Waals surface area contributed by atoms with Crippen LogP contribution in [0.15, 0.2) is 36.4 Å². The predicted octanol–water partition coefficient (Wildman–Crippen LogP) is 0.111. The van der Waals surface area contributed by atoms with Gasteiger partial charge in [0.25, 0.3) is 5.91 Å². The zero-order valence-electron chi connectivity index (χ0n) is 19.7. The summed E-state index contributed by atoms with van der Waals surface area (Å²) < 4.78 is 37.4. The molecule has 12 heteroatoms. The van der Waals surface area contributed by atoms with Crippen LogP contribution in [0.1, 0.15) is 31.2 Å². The number of nitrogens with one attached hydrogen (secondary N) is 1. The number of nitrogens with zero attached hydrogens (tertiary/aromatic N) is 1. The van der Waals surface area contributed by atoms with Crippen LogP contribution in [0.2, 0.25) is 0 Å². The van der Waals surface area contributed by atoms with Gasteiger partial charge in [0.15, 0.2) is 0 Å². The number of unbranched alkanes of at least 4 members (excludes halogenated alkanes) is 1. The van der Waals surface area contributed by atoms with Gasteiger partial charge in [0.05, 0.1) is 25.3 Å². The molecule has 2 aromatic carbocycles. The van der Waals surface area contributed by atoms with E-state index in [1.165, 1.54) is 0 Å². The molecule has 1 fully saturated rings. The SMILES string of the molecule is COc1ccc(CN2C[C@H](OS(=O)(=O)NC(=O)[C@@H](N)CCCCN)C[C@H]2C(N)=O)c2ccccc12. The van der Waals surface area contributed by atoms with Crippen molar-refractivity contribution in [2.24, 2.45) is 17.2 Å². The lowest BCUT2D eigenvalue weighted by atomic mass is 10.0. The Kier molecular flexibility index (Phi) is 9.03. The summed E-state index contributed by atoms with van der Waals surface area (Å²) in [4.78, 5) is 26.1. The lowest BCUT2D eigenvalue weighted by molar-refractivity contribution is -0.122. The van der Waals surface area contributed by atoms with Gasteiger partial charge in [-0.25, -0.2) is 8.91 Å². The van der Waals surface area contributed by atoms with Crippen LogP contribution in [-0.2, 0) is 30.6 Å². The van der Waals surface area contributed by atoms with Crippen molar-refractivity contribution < 1.29 is 26.9 Å². The molecule has 11 nitrogen and oxygen atoms in total. The summed E-state index contributed by atoms with van der Waals surface area (Å²) >= 11 is 0. The van der Waals surface area contributed by atoms with Crippen LogP contribution in [0, 0.1) is 0 Å². The van der Waals surface area contributed by atoms with Crippen LogP contribution < -0.4 is 26.7 Å². The summed E-state index contributed by atoms with van der Waals surface area (Å²) in [5, 5.41) is 1.87. The number of fused-ring (bicyclic) bond motifs is 1. The van der Waals surface area contributed by atoms with Crippen LogP contribution in [0.3, 0.4) is 0 Å². The van der Waals surface area contributed by atoms with Crippen molar-refractivity contribution in [2.45, 2.75) is 50.4 Å². The van der Waals surface area contributed by atoms with Crippen molar-refractivity contribution in [3.63, 3.8) is 0 Å². The monoisotopic (exact) mass is 507 g/mol. The lowest BCUT2D eigenvalue weighted by Gasteiger charge is -2.22. The van der Waals surface area contributed by atoms with Crippen LogP contribution in [0.5, 0.6) is 5.75 Å². The number of hydrogen-bond donors (Lipinski definition) is 4. The first-order valence-corrected chi connectivity index (χ1v) is 12.8. The molecule has 3 atom stereocenters. The smallest absolute Gasteiger partial charge is 0.362 e. The Labute approximate surface area is 205 Å². The first-order valence-electron chi connectivity index (χ1n) is 11.4. The maximum absolute atomic E-state index is 12.4. The molecular weight excluding hydrogens is 474 g/mol. The Balaban J connectivity index is 1.69. The zero-order chi connectivity index (χ0) is 25.6. The summed E-state index contributed by atoms with van der Waals surface area (Å²) in [6.45, 7) is 0.934. The van der Waals surface area contributed by atoms with E-state index in [0.717, 1.165) is 22.1 Å². The van der Waals surface area contributed by atoms with E-state index in [1.54, 1.807) is 12.0 Å². The van der Waals surface area contributed by atoms with Crippen molar-refractivity contribution >= 4 is 32.9 Å². The fourth-order valence-electron chi connectivity index (χ4n) is 4.31. The van der Waals surface area contributed by atoms with Crippen LogP contribution in [0.25, 0.3) is 10.8 Å². The highest BCUT2D eigenvalue weighted by Gasteiger charge is 2.39. The molecule has 1 saturated heterocycles. The molecule has 35 heavy (non-hydrogen) atoms. The second kappa shape index (κ2) is 11.8. The van der Waals surface area contributed by atoms with E-state index in [0.29, 0.717) is 32.4 Å². The van der Waals surface area contributed by atoms with E-state index < -0.39 is 40.3 Å². The number of benzene rings is 2. The van der Waals surface area contributed by atoms with Gasteiger partial charge in [-0.15, -0.1) is 0 Å². The minimum Gasteiger partial charge on any atom is -0.496 e. The molecule has 2 amide bonds. The number of hydrogen-bond acceptors (Lipinski definition) is 9. The molecule has 192 valence electrons. The molecule has 0 saturated carbocycles. The highest BCUT2D eigenvalue weighted by Crippen LogP contribution is 2.31. The summed E-state index contributed by atoms with van der Waals surface area (Å²) in [6, 6.07) is 9.72. The van der Waals surface area contributed by atoms with Gasteiger partial charge in [0.2, 0.25) is 5.91 Å². The summed E-state index contributed by atoms with van der Waals surface area (Å²) in [5.74, 6) is -0.716. The molecule has 7 N–H and O–H groups in total. The quantitative estimate of drug-likeness (QED) is 0.290. The first kappa shape index (κ1) is 26.8. The standard InChI is InChI=1S/C23H33N5O6S/c1-33-21-10-9-15(17-6-2-3-7-18(17)21)13-28-14-16(12-20(28)22(26)29)34-35(31,32)27-23(30)19(25)8-4-5-11-24/h2-3,6-7,9-10,16,19-20H,4-5,8,11-14,24-25H2,1H3,(H2,26,29)(H,27,30)/t16-,19+,20+/m1/s1. The van der Waals surface area contributed by atoms with Crippen molar-refractivity contribution in [1.82, 2.24) is 9.62 Å². The molecule has 2 aromatic rings. The number of ether oxygens (including phenoxy) is 1. The van der Waals surface area contributed by atoms with Gasteiger partial charge in [-0.05, 0) is 36.4 Å². The van der Waals surface area contributed by atoms with Crippen LogP contribution >= 0.6 is 0 Å². The van der Waals surface area contributed by atoms with Crippen LogP contribution in [0.4, 0.5) is 0 Å². The topological polar surface area (TPSA) is 180 Å². The number of likely N-dealkylation sites (tertiary alicyclic amines) is 1. The van der Waals surface area contributed by atoms with E-state index in [-0.39, 0.29) is 13.0 Å². The second-order valence-electron chi connectivity index (χ2n) is 8.59. The highest BCUT2D eigenvalue weighted by molar-refractivity contribution is 7.85. The Morgan fingerprint density at radius 2 is 1.89 bits per heavy atom. The third-order valence-corrected chi connectivity index (χ3v) is 7.03. The molecule has 0 spiro atoms. The van der Waals surface area contributed by atoms with Gasteiger partial charge < -0.3 is 21.9 Å². The average molecular weight is 508 g/mol. The number of carbonyl (C=O) groups excluding carboxylic acids is 2. The van der Waals surface area contributed by atoms with E-state index in [1.807, 2.05) is 41.1 Å². The summed E-state index contributed by atoms with van der Waals surface area (Å²) in [5.41, 5.74) is 17.7. The molecule has 1 aliphatic rings. The second-order valence-corrected chi connectivity index (χ2v) is 9.89. The predicted molar refractivity (Wildman–Crippen MR) is 131 cm³/mol. The minimum absolute atomic E-state index is 0.0705. The zero-order valence-corrected chi connectivity index (χ0v) is 20.5. The lowest BCUT2D eigenvalue weighted by Crippen LogP contribution is -2.45. The van der Waals surface area contributed by atoms with Crippen molar-refractivity contribution in [3.8, 4) is 5.75 Å². The number of amides is 2. The number of primary amides is 1. The Morgan fingerprint density at radius 1 is 1.17 bits per heavy atom. The number of rotatable bonds is 12. The number of carbonyl (C=O) groups is 2. The van der Waals surface area contributed by atoms with Gasteiger partial charge in [-0.1, -0.05) is 36.8 Å². The molecule has 0 aromatic heterocycles. The van der Waals surface area contributed by atoms with E-state index >= 15 is 0 Å². The van der Waals surface area contributed by atoms with E-state index in [4.69, 9.17) is 26.1 Å². The highest BCUT2D eigenvalue weighted by atomic mass is 32.2. The minimum atomic E-state index is -4.43. The fourth-order valence-corrected chi connectivity index (χ4v) is 5.26. The molecule has 1 aliphatic heterocycles. The van der Waals surface area contributed by atoms with Gasteiger partial charge in [0, 0.05) is 24.9 Å². The molecular formula is C23H33N5O6S. The average Bonchev–Trinajstić information content (AvgIpc) is 3.20. The van der Waals surface area contributed by atoms with Crippen molar-refractivity contribution in [3.05, 3.63) is 42.0 Å². The molecule has 0 unspecified atom stereocenters. The van der Waals surface area contributed by atoms with Crippen molar-refractivity contribution in [2.75, 3.05) is 20.2 Å². The van der Waals surface area contributed by atoms with Gasteiger partial charge in [0.1, 0.15) is 5.75 Å². The Hall–Kier alpha value is -2.77. The van der Waals surface area contributed by atoms with Gasteiger partial charge >= 0.3 is 10.3 Å². The molecule has 1 heterocycles. The number of methoxy groups -OCH3 is 1. The summed E-state index contributed by atoms with van der Waals surface area (Å²) in [7, 11) is -2.83. The first-order chi connectivity index (χ1) is 16.6. The molecule has 0 aliphatic carbocycles. The third kappa shape index (κ3) is 6.89. The molecule has 0 radical (unpaired) electrons. The maximum Gasteiger partial charge on any atom is 0.362 e. The molecule has 0 bridgehead atoms. The van der Waals surface area contributed by atoms with Gasteiger partial charge in [-0.3, -0.25) is 14.5 Å². The third-order valence-electron chi connectivity index (χ3n) is 6.06. The van der Waals surface area contributed by atoms with E-state index in [9.17, 15) is 18.0 Å². The number of nitrogens with two attached hydrogens (primary N) is 3. The van der Waals surface area contributed by atoms with Crippen molar-refractivity contribution in [1.29, 1.82) is 0 Å². The maximum atomic E-state index is 12.4. The Morgan fingerprint density at radius 3 is 2.54 bits per heavy atom. The summed E-state index contributed by atoms with van der Waals surface area (Å²) in [6.07, 6.45) is 0.788. The van der Waals surface area contributed by atoms with Gasteiger partial charge in [-0.2, -0.15) is 8.42 Å². The van der Waals surface area contributed by atoms with E-state index in [2.05, 4.69) is 0 Å². The molecule has 3 rings (SSSR count). The fraction of sp³-hybridized carbons (Fsp3) is 0.478. The Bertz CT molecular complexity index is 1160. The van der Waals surface area contributed by atoms with Crippen LogP contribution in [-0.4, -0.2) is 63.5 Å². The normalized spacial score (nSPS) is 19.5.